The molecule has 0 aliphatic heterocycles. The number of carbonyl (C=O) groups is 1. The fourth-order valence-electron chi connectivity index (χ4n) is 8.34. The lowest BCUT2D eigenvalue weighted by molar-refractivity contribution is -0.210. The Labute approximate surface area is 183 Å². The molecule has 2 bridgehead atoms. The summed E-state index contributed by atoms with van der Waals surface area (Å²) in [6.07, 6.45) is -3.59. The number of aliphatic hydroxyl groups excluding tert-OH is 3. The van der Waals surface area contributed by atoms with E-state index in [1.54, 1.807) is 27.7 Å². The summed E-state index contributed by atoms with van der Waals surface area (Å²) >= 11 is 0. The Morgan fingerprint density at radius 1 is 1.03 bits per heavy atom. The molecule has 8 heteroatoms. The molecule has 4 fully saturated rings. The second-order valence-electron chi connectivity index (χ2n) is 11.7. The minimum absolute atomic E-state index is 0.0159. The van der Waals surface area contributed by atoms with Gasteiger partial charge in [0, 0.05) is 29.1 Å². The molecule has 178 valence electrons. The van der Waals surface area contributed by atoms with Crippen LogP contribution in [0.2, 0.25) is 0 Å². The number of hydrogen-bond acceptors (Lipinski definition) is 8. The van der Waals surface area contributed by atoms with Crippen molar-refractivity contribution >= 4 is 5.97 Å². The molecule has 0 radical (unpaired) electrons. The van der Waals surface area contributed by atoms with Crippen molar-refractivity contribution in [2.75, 3.05) is 0 Å². The van der Waals surface area contributed by atoms with E-state index in [2.05, 4.69) is 0 Å². The molecule has 11 unspecified atom stereocenters. The van der Waals surface area contributed by atoms with E-state index in [1.807, 2.05) is 0 Å². The van der Waals surface area contributed by atoms with Gasteiger partial charge in [-0.25, -0.2) is 0 Å². The quantitative estimate of drug-likeness (QED) is 0.330. The molecule has 11 atom stereocenters. The molecule has 1 spiro atoms. The molecule has 0 amide bonds. The van der Waals surface area contributed by atoms with Gasteiger partial charge in [0.2, 0.25) is 0 Å². The number of rotatable bonds is 2. The third-order valence-electron chi connectivity index (χ3n) is 9.75. The SMILES string of the molecule is CCC(=O)OC1C2CCC3C(C)(O)C4C(O)C(O)C(C)(C)C4(O)C(O)CC13CC2(C)O. The van der Waals surface area contributed by atoms with Crippen LogP contribution in [-0.4, -0.2) is 77.8 Å². The number of hydrogen-bond donors (Lipinski definition) is 6. The number of aliphatic hydroxyl groups is 6. The molecule has 4 rings (SSSR count). The minimum atomic E-state index is -1.98. The molecule has 0 aromatic carbocycles. The van der Waals surface area contributed by atoms with Gasteiger partial charge in [-0.1, -0.05) is 20.8 Å². The summed E-state index contributed by atoms with van der Waals surface area (Å²) in [5, 5.41) is 68.2. The second kappa shape index (κ2) is 6.64. The molecule has 0 aromatic rings. The predicted molar refractivity (Wildman–Crippen MR) is 110 cm³/mol. The van der Waals surface area contributed by atoms with Gasteiger partial charge in [0.05, 0.1) is 29.5 Å². The zero-order chi connectivity index (χ0) is 23.4. The van der Waals surface area contributed by atoms with Crippen molar-refractivity contribution in [2.45, 2.75) is 108 Å². The third kappa shape index (κ3) is 2.66. The van der Waals surface area contributed by atoms with Crippen molar-refractivity contribution in [2.24, 2.45) is 28.6 Å². The Kier molecular flexibility index (Phi) is 5.01. The average molecular weight is 443 g/mol. The Morgan fingerprint density at radius 3 is 2.23 bits per heavy atom. The fourth-order valence-corrected chi connectivity index (χ4v) is 8.34. The summed E-state index contributed by atoms with van der Waals surface area (Å²) in [6.45, 7) is 8.08. The van der Waals surface area contributed by atoms with Crippen molar-refractivity contribution < 1.29 is 40.2 Å². The first-order valence-electron chi connectivity index (χ1n) is 11.5. The van der Waals surface area contributed by atoms with E-state index >= 15 is 0 Å². The summed E-state index contributed by atoms with van der Waals surface area (Å²) in [4.78, 5) is 12.3. The summed E-state index contributed by atoms with van der Waals surface area (Å²) in [6, 6.07) is 0. The van der Waals surface area contributed by atoms with Crippen LogP contribution in [0.3, 0.4) is 0 Å². The number of fused-ring (bicyclic) bond motifs is 2. The minimum Gasteiger partial charge on any atom is -0.461 e. The molecule has 8 nitrogen and oxygen atoms in total. The maximum atomic E-state index is 12.3. The Morgan fingerprint density at radius 2 is 1.65 bits per heavy atom. The standard InChI is InChI=1S/C23H38O8/c1-6-14(25)31-18-11-7-8-12-21(5,29)16-15(26)17(27)19(2,3)23(16,30)13(24)9-22(12,18)10-20(11,4)28/h11-13,15-18,24,26-30H,6-10H2,1-5H3. The van der Waals surface area contributed by atoms with E-state index < -0.39 is 69.9 Å². The first-order valence-corrected chi connectivity index (χ1v) is 11.5. The summed E-state index contributed by atoms with van der Waals surface area (Å²) < 4.78 is 5.86. The van der Waals surface area contributed by atoms with E-state index in [4.69, 9.17) is 4.74 Å². The molecule has 4 aliphatic rings. The lowest BCUT2D eigenvalue weighted by Gasteiger charge is -2.52. The van der Waals surface area contributed by atoms with Crippen LogP contribution in [0.15, 0.2) is 0 Å². The monoisotopic (exact) mass is 442 g/mol. The van der Waals surface area contributed by atoms with Crippen LogP contribution in [0.4, 0.5) is 0 Å². The topological polar surface area (TPSA) is 148 Å². The lowest BCUT2D eigenvalue weighted by atomic mass is 9.57. The van der Waals surface area contributed by atoms with E-state index in [0.29, 0.717) is 12.8 Å². The van der Waals surface area contributed by atoms with Crippen molar-refractivity contribution in [1.82, 2.24) is 0 Å². The lowest BCUT2D eigenvalue weighted by Crippen LogP contribution is -2.62. The van der Waals surface area contributed by atoms with E-state index in [1.165, 1.54) is 6.92 Å². The summed E-state index contributed by atoms with van der Waals surface area (Å²) in [5.41, 5.74) is -7.12. The highest BCUT2D eigenvalue weighted by Crippen LogP contribution is 2.70. The number of carbonyl (C=O) groups excluding carboxylic acids is 1. The molecule has 6 N–H and O–H groups in total. The van der Waals surface area contributed by atoms with E-state index in [9.17, 15) is 35.4 Å². The molecule has 4 saturated carbocycles. The highest BCUT2D eigenvalue weighted by molar-refractivity contribution is 5.69. The van der Waals surface area contributed by atoms with Crippen LogP contribution < -0.4 is 0 Å². The first-order chi connectivity index (χ1) is 14.1. The zero-order valence-corrected chi connectivity index (χ0v) is 19.1. The van der Waals surface area contributed by atoms with E-state index in [-0.39, 0.29) is 25.2 Å². The second-order valence-corrected chi connectivity index (χ2v) is 11.7. The van der Waals surface area contributed by atoms with Crippen LogP contribution in [0.1, 0.15) is 66.7 Å². The van der Waals surface area contributed by atoms with Gasteiger partial charge in [0.25, 0.3) is 0 Å². The Hall–Kier alpha value is -0.770. The molecule has 0 heterocycles. The third-order valence-corrected chi connectivity index (χ3v) is 9.75. The van der Waals surface area contributed by atoms with Crippen molar-refractivity contribution in [3.63, 3.8) is 0 Å². The van der Waals surface area contributed by atoms with Crippen LogP contribution in [-0.2, 0) is 9.53 Å². The van der Waals surface area contributed by atoms with Gasteiger partial charge in [-0.2, -0.15) is 0 Å². The summed E-state index contributed by atoms with van der Waals surface area (Å²) in [7, 11) is 0. The maximum absolute atomic E-state index is 12.3. The largest absolute Gasteiger partial charge is 0.461 e. The molecule has 31 heavy (non-hydrogen) atoms. The molecular formula is C23H38O8. The smallest absolute Gasteiger partial charge is 0.305 e. The van der Waals surface area contributed by atoms with Gasteiger partial charge in [0.15, 0.2) is 0 Å². The van der Waals surface area contributed by atoms with Crippen molar-refractivity contribution in [3.05, 3.63) is 0 Å². The van der Waals surface area contributed by atoms with Gasteiger partial charge in [-0.3, -0.25) is 4.79 Å². The normalized spacial score (nSPS) is 57.7. The zero-order valence-electron chi connectivity index (χ0n) is 19.1. The van der Waals surface area contributed by atoms with Crippen molar-refractivity contribution in [1.29, 1.82) is 0 Å². The molecular weight excluding hydrogens is 404 g/mol. The fraction of sp³-hybridized carbons (Fsp3) is 0.957. The first kappa shape index (κ1) is 23.4. The van der Waals surface area contributed by atoms with Crippen molar-refractivity contribution in [3.8, 4) is 0 Å². The van der Waals surface area contributed by atoms with Gasteiger partial charge in [-0.05, 0) is 45.4 Å². The number of ether oxygens (including phenoxy) is 1. The van der Waals surface area contributed by atoms with Crippen LogP contribution in [0.5, 0.6) is 0 Å². The molecule has 4 aliphatic carbocycles. The average Bonchev–Trinajstić information content (AvgIpc) is 2.84. The molecule has 0 aromatic heterocycles. The Bertz CT molecular complexity index is 763. The highest BCUT2D eigenvalue weighted by Gasteiger charge is 2.79. The molecule has 0 saturated heterocycles. The van der Waals surface area contributed by atoms with Gasteiger partial charge in [0.1, 0.15) is 11.7 Å². The highest BCUT2D eigenvalue weighted by atomic mass is 16.5. The summed E-state index contributed by atoms with van der Waals surface area (Å²) in [5.74, 6) is -2.54. The van der Waals surface area contributed by atoms with Crippen LogP contribution in [0.25, 0.3) is 0 Å². The predicted octanol–water partition coefficient (Wildman–Crippen LogP) is 0.1000. The maximum Gasteiger partial charge on any atom is 0.305 e. The van der Waals surface area contributed by atoms with Gasteiger partial charge >= 0.3 is 5.97 Å². The van der Waals surface area contributed by atoms with Gasteiger partial charge < -0.3 is 35.4 Å². The van der Waals surface area contributed by atoms with E-state index in [0.717, 1.165) is 0 Å². The van der Waals surface area contributed by atoms with Gasteiger partial charge in [-0.15, -0.1) is 0 Å². The van der Waals surface area contributed by atoms with Crippen LogP contribution >= 0.6 is 0 Å². The number of esters is 1. The van der Waals surface area contributed by atoms with Crippen LogP contribution in [0, 0.1) is 28.6 Å². The Balaban J connectivity index is 1.91.